The molecule has 20 heavy (non-hydrogen) atoms. The Morgan fingerprint density at radius 3 is 2.70 bits per heavy atom. The van der Waals surface area contributed by atoms with Crippen LogP contribution in [0.25, 0.3) is 0 Å². The Balaban J connectivity index is 2.17. The molecule has 2 rings (SSSR count). The molecule has 0 aliphatic rings. The number of hydrogen-bond acceptors (Lipinski definition) is 6. The van der Waals surface area contributed by atoms with Crippen molar-refractivity contribution in [3.63, 3.8) is 0 Å². The lowest BCUT2D eigenvalue weighted by atomic mass is 9.96. The SMILES string of the molecule is Cc1cc([C@](C)(O)CNc2nccnc2C#N)c(C)o1. The van der Waals surface area contributed by atoms with Crippen LogP contribution in [0.4, 0.5) is 5.82 Å². The number of aliphatic hydroxyl groups is 1. The molecule has 0 fully saturated rings. The van der Waals surface area contributed by atoms with Gasteiger partial charge in [-0.15, -0.1) is 0 Å². The van der Waals surface area contributed by atoms with E-state index in [4.69, 9.17) is 9.68 Å². The van der Waals surface area contributed by atoms with Crippen molar-refractivity contribution in [2.45, 2.75) is 26.4 Å². The van der Waals surface area contributed by atoms with Crippen LogP contribution < -0.4 is 5.32 Å². The van der Waals surface area contributed by atoms with Gasteiger partial charge in [0.1, 0.15) is 23.2 Å². The zero-order chi connectivity index (χ0) is 14.8. The first-order chi connectivity index (χ1) is 9.44. The van der Waals surface area contributed by atoms with E-state index in [1.807, 2.05) is 13.0 Å². The van der Waals surface area contributed by atoms with Crippen LogP contribution in [-0.4, -0.2) is 21.6 Å². The molecule has 2 N–H and O–H groups in total. The van der Waals surface area contributed by atoms with Crippen LogP contribution in [0, 0.1) is 25.2 Å². The Morgan fingerprint density at radius 1 is 1.40 bits per heavy atom. The average molecular weight is 272 g/mol. The van der Waals surface area contributed by atoms with E-state index in [2.05, 4.69) is 15.3 Å². The highest BCUT2D eigenvalue weighted by Gasteiger charge is 2.28. The number of nitrogens with zero attached hydrogens (tertiary/aromatic N) is 3. The maximum absolute atomic E-state index is 10.6. The van der Waals surface area contributed by atoms with Crippen molar-refractivity contribution in [3.8, 4) is 6.07 Å². The highest BCUT2D eigenvalue weighted by atomic mass is 16.3. The molecular formula is C14H16N4O2. The molecule has 1 atom stereocenters. The molecule has 0 spiro atoms. The third-order valence-electron chi connectivity index (χ3n) is 3.03. The first kappa shape index (κ1) is 14.0. The third kappa shape index (κ3) is 2.78. The summed E-state index contributed by atoms with van der Waals surface area (Å²) in [7, 11) is 0. The second-order valence-electron chi connectivity index (χ2n) is 4.82. The number of rotatable bonds is 4. The Bertz CT molecular complexity index is 655. The van der Waals surface area contributed by atoms with Crippen LogP contribution in [0.2, 0.25) is 0 Å². The van der Waals surface area contributed by atoms with Gasteiger partial charge >= 0.3 is 0 Å². The van der Waals surface area contributed by atoms with Gasteiger partial charge in [-0.1, -0.05) is 0 Å². The van der Waals surface area contributed by atoms with E-state index in [0.29, 0.717) is 17.1 Å². The summed E-state index contributed by atoms with van der Waals surface area (Å²) in [6.07, 6.45) is 2.94. The fourth-order valence-corrected chi connectivity index (χ4v) is 2.07. The zero-order valence-electron chi connectivity index (χ0n) is 11.6. The van der Waals surface area contributed by atoms with Crippen molar-refractivity contribution in [2.75, 3.05) is 11.9 Å². The van der Waals surface area contributed by atoms with E-state index in [0.717, 1.165) is 5.76 Å². The van der Waals surface area contributed by atoms with Gasteiger partial charge in [0.2, 0.25) is 0 Å². The lowest BCUT2D eigenvalue weighted by Gasteiger charge is -2.23. The minimum absolute atomic E-state index is 0.195. The average Bonchev–Trinajstić information content (AvgIpc) is 2.76. The molecule has 0 aliphatic carbocycles. The van der Waals surface area contributed by atoms with Crippen molar-refractivity contribution < 1.29 is 9.52 Å². The Hall–Kier alpha value is -2.39. The molecule has 0 saturated carbocycles. The van der Waals surface area contributed by atoms with Gasteiger partial charge in [-0.25, -0.2) is 9.97 Å². The molecule has 0 unspecified atom stereocenters. The number of nitriles is 1. The van der Waals surface area contributed by atoms with E-state index < -0.39 is 5.60 Å². The van der Waals surface area contributed by atoms with Gasteiger partial charge in [0.25, 0.3) is 0 Å². The standard InChI is InChI=1S/C14H16N4O2/c1-9-6-11(10(2)20-9)14(3,19)8-18-13-12(7-15)16-4-5-17-13/h4-6,19H,8H2,1-3H3,(H,17,18)/t14-/m1/s1. The summed E-state index contributed by atoms with van der Waals surface area (Å²) >= 11 is 0. The Kier molecular flexibility index (Phi) is 3.72. The minimum Gasteiger partial charge on any atom is -0.466 e. The second kappa shape index (κ2) is 5.31. The van der Waals surface area contributed by atoms with Crippen molar-refractivity contribution in [2.24, 2.45) is 0 Å². The Morgan fingerprint density at radius 2 is 2.10 bits per heavy atom. The molecule has 0 amide bonds. The number of furan rings is 1. The van der Waals surface area contributed by atoms with Crippen LogP contribution in [0.15, 0.2) is 22.9 Å². The van der Waals surface area contributed by atoms with Crippen LogP contribution in [0.5, 0.6) is 0 Å². The first-order valence-electron chi connectivity index (χ1n) is 6.19. The summed E-state index contributed by atoms with van der Waals surface area (Å²) in [5.41, 5.74) is -0.222. The summed E-state index contributed by atoms with van der Waals surface area (Å²) < 4.78 is 5.43. The molecule has 6 nitrogen and oxygen atoms in total. The monoisotopic (exact) mass is 272 g/mol. The Labute approximate surface area is 117 Å². The normalized spacial score (nSPS) is 13.6. The molecule has 6 heteroatoms. The van der Waals surface area contributed by atoms with E-state index >= 15 is 0 Å². The molecule has 104 valence electrons. The van der Waals surface area contributed by atoms with Crippen LogP contribution in [0.1, 0.15) is 29.7 Å². The van der Waals surface area contributed by atoms with Gasteiger partial charge < -0.3 is 14.8 Å². The highest BCUT2D eigenvalue weighted by Crippen LogP contribution is 2.27. The van der Waals surface area contributed by atoms with Crippen molar-refractivity contribution in [1.82, 2.24) is 9.97 Å². The van der Waals surface area contributed by atoms with Gasteiger partial charge in [-0.3, -0.25) is 0 Å². The summed E-state index contributed by atoms with van der Waals surface area (Å²) in [6.45, 7) is 5.51. The molecular weight excluding hydrogens is 256 g/mol. The third-order valence-corrected chi connectivity index (χ3v) is 3.03. The molecule has 0 aliphatic heterocycles. The van der Waals surface area contributed by atoms with Crippen LogP contribution >= 0.6 is 0 Å². The maximum atomic E-state index is 10.6. The smallest absolute Gasteiger partial charge is 0.182 e. The topological polar surface area (TPSA) is 95.0 Å². The largest absolute Gasteiger partial charge is 0.466 e. The van der Waals surface area contributed by atoms with Crippen LogP contribution in [0.3, 0.4) is 0 Å². The quantitative estimate of drug-likeness (QED) is 0.882. The van der Waals surface area contributed by atoms with Gasteiger partial charge in [0.05, 0.1) is 0 Å². The van der Waals surface area contributed by atoms with Gasteiger partial charge in [0, 0.05) is 24.5 Å². The first-order valence-corrected chi connectivity index (χ1v) is 6.19. The van der Waals surface area contributed by atoms with Gasteiger partial charge in [-0.2, -0.15) is 5.26 Å². The number of nitrogens with one attached hydrogen (secondary N) is 1. The fourth-order valence-electron chi connectivity index (χ4n) is 2.07. The van der Waals surface area contributed by atoms with E-state index in [-0.39, 0.29) is 12.2 Å². The zero-order valence-corrected chi connectivity index (χ0v) is 11.6. The van der Waals surface area contributed by atoms with E-state index in [1.54, 1.807) is 19.9 Å². The number of anilines is 1. The molecule has 2 heterocycles. The predicted molar refractivity (Wildman–Crippen MR) is 73.0 cm³/mol. The molecule has 0 bridgehead atoms. The lowest BCUT2D eigenvalue weighted by molar-refractivity contribution is 0.0698. The van der Waals surface area contributed by atoms with Crippen LogP contribution in [-0.2, 0) is 5.60 Å². The summed E-state index contributed by atoms with van der Waals surface area (Å²) in [5.74, 6) is 1.78. The fraction of sp³-hybridized carbons (Fsp3) is 0.357. The molecule has 2 aromatic rings. The summed E-state index contributed by atoms with van der Waals surface area (Å²) in [5, 5.41) is 22.4. The molecule has 0 saturated heterocycles. The van der Waals surface area contributed by atoms with Crippen molar-refractivity contribution in [3.05, 3.63) is 41.2 Å². The van der Waals surface area contributed by atoms with Gasteiger partial charge in [0.15, 0.2) is 11.5 Å². The molecule has 0 radical (unpaired) electrons. The lowest BCUT2D eigenvalue weighted by Crippen LogP contribution is -2.31. The number of aromatic nitrogens is 2. The second-order valence-corrected chi connectivity index (χ2v) is 4.82. The molecule has 2 aromatic heterocycles. The van der Waals surface area contributed by atoms with Gasteiger partial charge in [-0.05, 0) is 26.8 Å². The summed E-state index contributed by atoms with van der Waals surface area (Å²) in [4.78, 5) is 7.95. The van der Waals surface area contributed by atoms with E-state index in [1.165, 1.54) is 12.4 Å². The maximum Gasteiger partial charge on any atom is 0.182 e. The van der Waals surface area contributed by atoms with E-state index in [9.17, 15) is 5.11 Å². The van der Waals surface area contributed by atoms with Crippen molar-refractivity contribution >= 4 is 5.82 Å². The number of hydrogen-bond donors (Lipinski definition) is 2. The summed E-state index contributed by atoms with van der Waals surface area (Å²) in [6, 6.07) is 3.76. The predicted octanol–water partition coefficient (Wildman–Crippen LogP) is 1.88. The molecule has 0 aromatic carbocycles. The highest BCUT2D eigenvalue weighted by molar-refractivity contribution is 5.47. The van der Waals surface area contributed by atoms with Crippen molar-refractivity contribution in [1.29, 1.82) is 5.26 Å². The number of aryl methyl sites for hydroxylation is 2. The minimum atomic E-state index is -1.13.